The highest BCUT2D eigenvalue weighted by molar-refractivity contribution is 6.33. The van der Waals surface area contributed by atoms with E-state index in [-0.39, 0.29) is 28.3 Å². The van der Waals surface area contributed by atoms with Gasteiger partial charge in [-0.05, 0) is 43.3 Å². The Morgan fingerprint density at radius 1 is 0.727 bits per heavy atom. The van der Waals surface area contributed by atoms with Crippen LogP contribution in [0.4, 0.5) is 0 Å². The summed E-state index contributed by atoms with van der Waals surface area (Å²) in [5, 5.41) is 1.07. The first-order chi connectivity index (χ1) is 15.7. The zero-order valence-electron chi connectivity index (χ0n) is 17.1. The number of halogens is 4. The van der Waals surface area contributed by atoms with Crippen LogP contribution >= 0.6 is 46.4 Å². The first kappa shape index (κ1) is 24.9. The summed E-state index contributed by atoms with van der Waals surface area (Å²) in [5.41, 5.74) is 2.14. The molecular formula is C21H14Cl4N4O4. The number of hydrogen-bond donors (Lipinski definition) is 0. The Balaban J connectivity index is 0.000000186. The zero-order chi connectivity index (χ0) is 24.1. The maximum absolute atomic E-state index is 11.6. The molecule has 2 aromatic carbocycles. The second-order valence-electron chi connectivity index (χ2n) is 6.20. The number of methoxy groups -OCH3 is 1. The molecule has 0 aliphatic heterocycles. The number of carbonyl (C=O) groups excluding carboxylic acids is 2. The maximum atomic E-state index is 11.6. The number of hydrogen-bond acceptors (Lipinski definition) is 8. The van der Waals surface area contributed by atoms with Crippen molar-refractivity contribution in [1.29, 1.82) is 0 Å². The van der Waals surface area contributed by atoms with E-state index in [0.717, 1.165) is 0 Å². The van der Waals surface area contributed by atoms with Gasteiger partial charge in [-0.25, -0.2) is 29.5 Å². The molecule has 0 bridgehead atoms. The molecule has 0 N–H and O–H groups in total. The number of benzene rings is 2. The van der Waals surface area contributed by atoms with Gasteiger partial charge in [0, 0.05) is 10.0 Å². The van der Waals surface area contributed by atoms with Crippen LogP contribution in [0, 0.1) is 0 Å². The lowest BCUT2D eigenvalue weighted by atomic mass is 10.3. The fourth-order valence-electron chi connectivity index (χ4n) is 2.57. The lowest BCUT2D eigenvalue weighted by molar-refractivity contribution is 0.0518. The molecule has 0 saturated heterocycles. The monoisotopic (exact) mass is 526 g/mol. The van der Waals surface area contributed by atoms with Gasteiger partial charge >= 0.3 is 11.9 Å². The third kappa shape index (κ3) is 5.97. The molecule has 2 heterocycles. The van der Waals surface area contributed by atoms with E-state index in [1.54, 1.807) is 43.3 Å². The molecule has 12 heteroatoms. The molecule has 4 aromatic rings. The van der Waals surface area contributed by atoms with E-state index < -0.39 is 11.9 Å². The van der Waals surface area contributed by atoms with Crippen LogP contribution in [-0.2, 0) is 9.47 Å². The maximum Gasteiger partial charge on any atom is 0.360 e. The first-order valence-corrected chi connectivity index (χ1v) is 10.8. The predicted molar refractivity (Wildman–Crippen MR) is 126 cm³/mol. The second kappa shape index (κ2) is 10.9. The Labute approximate surface area is 207 Å². The number of aromatic nitrogens is 4. The van der Waals surface area contributed by atoms with Gasteiger partial charge in [0.1, 0.15) is 0 Å². The topological polar surface area (TPSA) is 104 Å². The van der Waals surface area contributed by atoms with Crippen molar-refractivity contribution < 1.29 is 19.1 Å². The lowest BCUT2D eigenvalue weighted by Crippen LogP contribution is -2.09. The van der Waals surface area contributed by atoms with E-state index in [2.05, 4.69) is 24.7 Å². The van der Waals surface area contributed by atoms with Crippen molar-refractivity contribution >= 4 is 80.4 Å². The molecular weight excluding hydrogens is 514 g/mol. The average molecular weight is 528 g/mol. The van der Waals surface area contributed by atoms with Crippen molar-refractivity contribution in [3.05, 3.63) is 68.1 Å². The number of nitrogens with zero attached hydrogens (tertiary/aromatic N) is 4. The van der Waals surface area contributed by atoms with Crippen LogP contribution < -0.4 is 0 Å². The molecule has 8 nitrogen and oxygen atoms in total. The largest absolute Gasteiger partial charge is 0.464 e. The van der Waals surface area contributed by atoms with Crippen LogP contribution in [0.15, 0.2) is 36.4 Å². The summed E-state index contributed by atoms with van der Waals surface area (Å²) in [7, 11) is 1.25. The summed E-state index contributed by atoms with van der Waals surface area (Å²) >= 11 is 23.3. The molecule has 4 rings (SSSR count). The summed E-state index contributed by atoms with van der Waals surface area (Å²) in [6, 6.07) is 9.93. The van der Waals surface area contributed by atoms with Crippen LogP contribution in [0.25, 0.3) is 22.1 Å². The summed E-state index contributed by atoms with van der Waals surface area (Å²) in [6.45, 7) is 1.96. The van der Waals surface area contributed by atoms with Crippen LogP contribution in [0.2, 0.25) is 20.4 Å². The van der Waals surface area contributed by atoms with Crippen LogP contribution in [0.3, 0.4) is 0 Å². The molecule has 0 fully saturated rings. The normalized spacial score (nSPS) is 10.5. The fraction of sp³-hybridized carbons (Fsp3) is 0.143. The van der Waals surface area contributed by atoms with Crippen LogP contribution in [-0.4, -0.2) is 45.6 Å². The first-order valence-electron chi connectivity index (χ1n) is 9.24. The molecule has 0 saturated carbocycles. The molecule has 0 amide bonds. The molecule has 0 unspecified atom stereocenters. The number of esters is 2. The van der Waals surface area contributed by atoms with Crippen molar-refractivity contribution in [3.8, 4) is 0 Å². The molecule has 33 heavy (non-hydrogen) atoms. The molecule has 0 radical (unpaired) electrons. The van der Waals surface area contributed by atoms with Crippen molar-refractivity contribution in [2.75, 3.05) is 13.7 Å². The van der Waals surface area contributed by atoms with Gasteiger partial charge in [0.15, 0.2) is 21.7 Å². The Morgan fingerprint density at radius 2 is 1.18 bits per heavy atom. The van der Waals surface area contributed by atoms with Crippen LogP contribution in [0.5, 0.6) is 0 Å². The number of carbonyl (C=O) groups is 2. The molecule has 170 valence electrons. The van der Waals surface area contributed by atoms with E-state index in [0.29, 0.717) is 32.1 Å². The molecule has 0 spiro atoms. The minimum atomic E-state index is -0.626. The minimum Gasteiger partial charge on any atom is -0.464 e. The highest BCUT2D eigenvalue weighted by Crippen LogP contribution is 2.22. The van der Waals surface area contributed by atoms with Gasteiger partial charge in [-0.15, -0.1) is 0 Å². The van der Waals surface area contributed by atoms with Gasteiger partial charge in [0.05, 0.1) is 35.8 Å². The summed E-state index contributed by atoms with van der Waals surface area (Å²) < 4.78 is 9.37. The molecule has 0 aliphatic carbocycles. The number of fused-ring (bicyclic) bond motifs is 2. The highest BCUT2D eigenvalue weighted by atomic mass is 35.5. The van der Waals surface area contributed by atoms with E-state index in [9.17, 15) is 9.59 Å². The fourth-order valence-corrected chi connectivity index (χ4v) is 3.32. The van der Waals surface area contributed by atoms with E-state index >= 15 is 0 Å². The number of rotatable bonds is 3. The number of ether oxygens (including phenoxy) is 2. The second-order valence-corrected chi connectivity index (χ2v) is 7.79. The van der Waals surface area contributed by atoms with Gasteiger partial charge in [0.25, 0.3) is 0 Å². The zero-order valence-corrected chi connectivity index (χ0v) is 20.1. The Bertz CT molecular complexity index is 1370. The predicted octanol–water partition coefficient (Wildman–Crippen LogP) is 5.84. The quantitative estimate of drug-likeness (QED) is 0.306. The third-order valence-electron chi connectivity index (χ3n) is 4.01. The molecule has 0 aliphatic rings. The summed E-state index contributed by atoms with van der Waals surface area (Å²) in [5.74, 6) is -1.22. The summed E-state index contributed by atoms with van der Waals surface area (Å²) in [4.78, 5) is 39.1. The van der Waals surface area contributed by atoms with Crippen molar-refractivity contribution in [3.63, 3.8) is 0 Å². The average Bonchev–Trinajstić information content (AvgIpc) is 2.78. The van der Waals surface area contributed by atoms with Crippen LogP contribution in [0.1, 0.15) is 27.9 Å². The molecule has 2 aromatic heterocycles. The highest BCUT2D eigenvalue weighted by Gasteiger charge is 2.16. The van der Waals surface area contributed by atoms with E-state index in [4.69, 9.17) is 51.1 Å². The lowest BCUT2D eigenvalue weighted by Gasteiger charge is -2.04. The van der Waals surface area contributed by atoms with Gasteiger partial charge < -0.3 is 9.47 Å². The summed E-state index contributed by atoms with van der Waals surface area (Å²) in [6.07, 6.45) is 0. The van der Waals surface area contributed by atoms with Gasteiger partial charge in [-0.1, -0.05) is 46.4 Å². The van der Waals surface area contributed by atoms with Gasteiger partial charge in [0.2, 0.25) is 0 Å². The van der Waals surface area contributed by atoms with E-state index in [1.165, 1.54) is 7.11 Å². The Morgan fingerprint density at radius 3 is 1.61 bits per heavy atom. The Kier molecular flexibility index (Phi) is 8.20. The van der Waals surface area contributed by atoms with Gasteiger partial charge in [-0.3, -0.25) is 0 Å². The Hall–Kier alpha value is -2.78. The van der Waals surface area contributed by atoms with Crippen molar-refractivity contribution in [1.82, 2.24) is 19.9 Å². The van der Waals surface area contributed by atoms with Crippen molar-refractivity contribution in [2.45, 2.75) is 6.92 Å². The van der Waals surface area contributed by atoms with Crippen molar-refractivity contribution in [2.24, 2.45) is 0 Å². The standard InChI is InChI=1S/C11H8Cl2N2O2.C10H6Cl2N2O2/c1-2-17-11(16)9-10(13)15-7-4-3-6(12)5-8(7)14-9;1-16-10(15)8-9(12)14-6-3-2-5(11)4-7(6)13-8/h3-5H,2H2,1H3;2-4H,1H3. The molecule has 0 atom stereocenters. The SMILES string of the molecule is CCOC(=O)c1nc2cc(Cl)ccc2nc1Cl.COC(=O)c1nc2cc(Cl)ccc2nc1Cl. The smallest absolute Gasteiger partial charge is 0.360 e. The third-order valence-corrected chi connectivity index (χ3v) is 5.01. The van der Waals surface area contributed by atoms with Gasteiger partial charge in [-0.2, -0.15) is 0 Å². The van der Waals surface area contributed by atoms with E-state index in [1.807, 2.05) is 0 Å². The minimum absolute atomic E-state index is 0.00304.